The Bertz CT molecular complexity index is 926. The zero-order valence-corrected chi connectivity index (χ0v) is 15.4. The summed E-state index contributed by atoms with van der Waals surface area (Å²) in [5.74, 6) is -0.352. The molecule has 3 rings (SSSR count). The fourth-order valence-electron chi connectivity index (χ4n) is 3.00. The van der Waals surface area contributed by atoms with Crippen LogP contribution in [0.5, 0.6) is 0 Å². The third kappa shape index (κ3) is 4.92. The molecule has 3 aromatic rings. The highest BCUT2D eigenvalue weighted by Gasteiger charge is 2.18. The maximum atomic E-state index is 13.2. The maximum absolute atomic E-state index is 13.2. The van der Waals surface area contributed by atoms with Crippen molar-refractivity contribution in [2.24, 2.45) is 0 Å². The van der Waals surface area contributed by atoms with Crippen LogP contribution in [0.1, 0.15) is 35.3 Å². The van der Waals surface area contributed by atoms with Crippen molar-refractivity contribution in [3.63, 3.8) is 0 Å². The number of halogens is 1. The van der Waals surface area contributed by atoms with Crippen LogP contribution in [0.3, 0.4) is 0 Å². The number of nitro benzene ring substituents is 1. The first-order chi connectivity index (χ1) is 13.4. The Balaban J connectivity index is 1.83. The number of aliphatic hydroxyl groups excluding tert-OH is 1. The van der Waals surface area contributed by atoms with Crippen molar-refractivity contribution in [2.45, 2.75) is 25.5 Å². The van der Waals surface area contributed by atoms with Gasteiger partial charge in [0.2, 0.25) is 0 Å². The number of hydrogen-bond donors (Lipinski definition) is 2. The molecule has 2 unspecified atom stereocenters. The Labute approximate surface area is 162 Å². The molecule has 0 aliphatic heterocycles. The molecule has 6 heteroatoms. The summed E-state index contributed by atoms with van der Waals surface area (Å²) in [6.07, 6.45) is -0.441. The van der Waals surface area contributed by atoms with Gasteiger partial charge in [-0.1, -0.05) is 42.0 Å². The first-order valence-corrected chi connectivity index (χ1v) is 8.93. The summed E-state index contributed by atoms with van der Waals surface area (Å²) in [7, 11) is 0. The van der Waals surface area contributed by atoms with Gasteiger partial charge in [-0.15, -0.1) is 0 Å². The van der Waals surface area contributed by atoms with E-state index in [9.17, 15) is 19.6 Å². The summed E-state index contributed by atoms with van der Waals surface area (Å²) in [5, 5.41) is 24.8. The molecule has 2 N–H and O–H groups in total. The lowest BCUT2D eigenvalue weighted by Crippen LogP contribution is -2.15. The average Bonchev–Trinajstić information content (AvgIpc) is 2.69. The standard InChI is InChI=1S/C22H21FN2O3/c1-15-2-4-16(5-3-15)21(14-22(26)17-6-8-18(23)9-7-17)24-19-10-12-20(13-11-19)25(27)28/h2-13,21-22,24,26H,14H2,1H3. The van der Waals surface area contributed by atoms with Gasteiger partial charge in [-0.25, -0.2) is 4.39 Å². The predicted octanol–water partition coefficient (Wildman–Crippen LogP) is 5.32. The second kappa shape index (κ2) is 8.63. The Hall–Kier alpha value is -3.25. The van der Waals surface area contributed by atoms with Crippen molar-refractivity contribution in [1.29, 1.82) is 0 Å². The van der Waals surface area contributed by atoms with Gasteiger partial charge in [-0.2, -0.15) is 0 Å². The molecule has 0 spiro atoms. The lowest BCUT2D eigenvalue weighted by Gasteiger charge is -2.24. The Morgan fingerprint density at radius 1 is 0.964 bits per heavy atom. The van der Waals surface area contributed by atoms with E-state index in [4.69, 9.17) is 0 Å². The number of nitro groups is 1. The van der Waals surface area contributed by atoms with Gasteiger partial charge in [0, 0.05) is 24.2 Å². The van der Waals surface area contributed by atoms with Crippen molar-refractivity contribution in [3.05, 3.63) is 105 Å². The molecule has 0 aromatic heterocycles. The number of benzene rings is 3. The van der Waals surface area contributed by atoms with Gasteiger partial charge in [0.1, 0.15) is 5.82 Å². The molecule has 5 nitrogen and oxygen atoms in total. The van der Waals surface area contributed by atoms with E-state index in [0.717, 1.165) is 11.1 Å². The van der Waals surface area contributed by atoms with Gasteiger partial charge >= 0.3 is 0 Å². The summed E-state index contributed by atoms with van der Waals surface area (Å²) in [6, 6.07) is 19.6. The third-order valence-electron chi connectivity index (χ3n) is 4.61. The SMILES string of the molecule is Cc1ccc(C(CC(O)c2ccc(F)cc2)Nc2ccc([N+](=O)[O-])cc2)cc1. The highest BCUT2D eigenvalue weighted by molar-refractivity contribution is 5.50. The molecule has 28 heavy (non-hydrogen) atoms. The number of rotatable bonds is 7. The number of hydrogen-bond acceptors (Lipinski definition) is 4. The van der Waals surface area contributed by atoms with Gasteiger partial charge in [-0.05, 0) is 42.3 Å². The Morgan fingerprint density at radius 2 is 1.54 bits per heavy atom. The average molecular weight is 380 g/mol. The minimum Gasteiger partial charge on any atom is -0.388 e. The minimum absolute atomic E-state index is 0.0174. The van der Waals surface area contributed by atoms with E-state index < -0.39 is 11.0 Å². The van der Waals surface area contributed by atoms with E-state index >= 15 is 0 Å². The monoisotopic (exact) mass is 380 g/mol. The molecule has 0 saturated carbocycles. The highest BCUT2D eigenvalue weighted by Crippen LogP contribution is 2.30. The normalized spacial score (nSPS) is 13.0. The maximum Gasteiger partial charge on any atom is 0.269 e. The van der Waals surface area contributed by atoms with Crippen molar-refractivity contribution >= 4 is 11.4 Å². The van der Waals surface area contributed by atoms with Gasteiger partial charge in [0.05, 0.1) is 17.1 Å². The van der Waals surface area contributed by atoms with E-state index in [0.29, 0.717) is 17.7 Å². The van der Waals surface area contributed by atoms with Gasteiger partial charge in [-0.3, -0.25) is 10.1 Å². The molecule has 2 atom stereocenters. The third-order valence-corrected chi connectivity index (χ3v) is 4.61. The van der Waals surface area contributed by atoms with Gasteiger partial charge < -0.3 is 10.4 Å². The van der Waals surface area contributed by atoms with Crippen LogP contribution in [0.2, 0.25) is 0 Å². The van der Waals surface area contributed by atoms with E-state index in [1.54, 1.807) is 24.3 Å². The molecule has 0 aliphatic rings. The van der Waals surface area contributed by atoms with Crippen LogP contribution in [0.15, 0.2) is 72.8 Å². The molecular formula is C22H21FN2O3. The summed E-state index contributed by atoms with van der Waals surface area (Å²) in [5.41, 5.74) is 3.46. The van der Waals surface area contributed by atoms with E-state index in [1.807, 2.05) is 31.2 Å². The van der Waals surface area contributed by atoms with Crippen molar-refractivity contribution in [3.8, 4) is 0 Å². The lowest BCUT2D eigenvalue weighted by molar-refractivity contribution is -0.384. The van der Waals surface area contributed by atoms with Crippen LogP contribution in [0.4, 0.5) is 15.8 Å². The van der Waals surface area contributed by atoms with Crippen molar-refractivity contribution < 1.29 is 14.4 Å². The number of aryl methyl sites for hydroxylation is 1. The number of nitrogens with zero attached hydrogens (tertiary/aromatic N) is 1. The molecule has 0 aliphatic carbocycles. The summed E-state index contributed by atoms with van der Waals surface area (Å²) in [4.78, 5) is 10.4. The van der Waals surface area contributed by atoms with Gasteiger partial charge in [0.15, 0.2) is 0 Å². The zero-order chi connectivity index (χ0) is 20.1. The molecule has 0 radical (unpaired) electrons. The second-order valence-electron chi connectivity index (χ2n) is 6.71. The number of non-ortho nitro benzene ring substituents is 1. The largest absolute Gasteiger partial charge is 0.388 e. The highest BCUT2D eigenvalue weighted by atomic mass is 19.1. The quantitative estimate of drug-likeness (QED) is 0.430. The fraction of sp³-hybridized carbons (Fsp3) is 0.182. The van der Waals surface area contributed by atoms with Crippen LogP contribution in [0.25, 0.3) is 0 Å². The number of aliphatic hydroxyl groups is 1. The van der Waals surface area contributed by atoms with E-state index in [1.165, 1.54) is 24.3 Å². The van der Waals surface area contributed by atoms with Crippen molar-refractivity contribution in [1.82, 2.24) is 0 Å². The molecule has 3 aromatic carbocycles. The Morgan fingerprint density at radius 3 is 2.11 bits per heavy atom. The topological polar surface area (TPSA) is 75.4 Å². The molecular weight excluding hydrogens is 359 g/mol. The van der Waals surface area contributed by atoms with Crippen LogP contribution in [-0.2, 0) is 0 Å². The summed E-state index contributed by atoms with van der Waals surface area (Å²) < 4.78 is 13.2. The molecule has 0 fully saturated rings. The van der Waals surface area contributed by atoms with E-state index in [2.05, 4.69) is 5.32 Å². The number of anilines is 1. The Kier molecular flexibility index (Phi) is 6.01. The van der Waals surface area contributed by atoms with Crippen LogP contribution < -0.4 is 5.32 Å². The second-order valence-corrected chi connectivity index (χ2v) is 6.71. The first kappa shape index (κ1) is 19.5. The van der Waals surface area contributed by atoms with Crippen molar-refractivity contribution in [2.75, 3.05) is 5.32 Å². The zero-order valence-electron chi connectivity index (χ0n) is 15.4. The molecule has 0 heterocycles. The molecule has 0 saturated heterocycles. The van der Waals surface area contributed by atoms with Crippen LogP contribution in [0, 0.1) is 22.9 Å². The van der Waals surface area contributed by atoms with Crippen LogP contribution in [-0.4, -0.2) is 10.0 Å². The summed E-state index contributed by atoms with van der Waals surface area (Å²) >= 11 is 0. The van der Waals surface area contributed by atoms with E-state index in [-0.39, 0.29) is 17.5 Å². The minimum atomic E-state index is -0.794. The van der Waals surface area contributed by atoms with Gasteiger partial charge in [0.25, 0.3) is 5.69 Å². The summed E-state index contributed by atoms with van der Waals surface area (Å²) in [6.45, 7) is 2.00. The first-order valence-electron chi connectivity index (χ1n) is 8.93. The molecule has 0 amide bonds. The molecule has 0 bridgehead atoms. The number of nitrogens with one attached hydrogen (secondary N) is 1. The fourth-order valence-corrected chi connectivity index (χ4v) is 3.00. The molecule has 144 valence electrons. The van der Waals surface area contributed by atoms with Crippen LogP contribution >= 0.6 is 0 Å². The smallest absolute Gasteiger partial charge is 0.269 e. The lowest BCUT2D eigenvalue weighted by atomic mass is 9.95. The predicted molar refractivity (Wildman–Crippen MR) is 107 cm³/mol.